The van der Waals surface area contributed by atoms with Crippen molar-refractivity contribution in [2.75, 3.05) is 27.2 Å². The number of nitrogens with zero attached hydrogens (tertiary/aromatic N) is 1. The van der Waals surface area contributed by atoms with Crippen molar-refractivity contribution in [2.24, 2.45) is 5.92 Å². The van der Waals surface area contributed by atoms with Gasteiger partial charge in [0.25, 0.3) is 0 Å². The summed E-state index contributed by atoms with van der Waals surface area (Å²) in [7, 11) is 3.92. The van der Waals surface area contributed by atoms with Crippen LogP contribution in [-0.2, 0) is 4.79 Å². The van der Waals surface area contributed by atoms with Crippen molar-refractivity contribution in [2.45, 2.75) is 32.7 Å². The summed E-state index contributed by atoms with van der Waals surface area (Å²) in [6, 6.07) is -1.24. The van der Waals surface area contributed by atoms with Crippen molar-refractivity contribution in [3.8, 4) is 0 Å². The fourth-order valence-corrected chi connectivity index (χ4v) is 1.50. The summed E-state index contributed by atoms with van der Waals surface area (Å²) in [5, 5.41) is 14.1. The number of urea groups is 1. The molecule has 6 nitrogen and oxygen atoms in total. The molecular formula is C12H25N3O3. The summed E-state index contributed by atoms with van der Waals surface area (Å²) in [6.45, 7) is 5.27. The zero-order valence-corrected chi connectivity index (χ0v) is 11.7. The second-order valence-corrected chi connectivity index (χ2v) is 5.08. The topological polar surface area (TPSA) is 81.7 Å². The molecule has 6 heteroatoms. The molecule has 0 spiro atoms. The Bertz CT molecular complexity index is 267. The SMILES string of the molecule is CC(C)CC(NC(=O)NCCCN(C)C)C(=O)O. The number of rotatable bonds is 8. The molecule has 0 aromatic heterocycles. The summed E-state index contributed by atoms with van der Waals surface area (Å²) in [4.78, 5) is 24.5. The lowest BCUT2D eigenvalue weighted by Crippen LogP contribution is -2.47. The number of carboxylic acids is 1. The zero-order chi connectivity index (χ0) is 14.1. The van der Waals surface area contributed by atoms with E-state index in [0.29, 0.717) is 13.0 Å². The van der Waals surface area contributed by atoms with E-state index in [0.717, 1.165) is 13.0 Å². The highest BCUT2D eigenvalue weighted by molar-refractivity contribution is 5.82. The average molecular weight is 259 g/mol. The Morgan fingerprint density at radius 2 is 1.89 bits per heavy atom. The molecule has 0 fully saturated rings. The first kappa shape index (κ1) is 16.7. The van der Waals surface area contributed by atoms with Crippen molar-refractivity contribution in [1.29, 1.82) is 0 Å². The second-order valence-electron chi connectivity index (χ2n) is 5.08. The molecule has 3 N–H and O–H groups in total. The predicted octanol–water partition coefficient (Wildman–Crippen LogP) is 0.737. The molecule has 0 rings (SSSR count). The van der Waals surface area contributed by atoms with Crippen molar-refractivity contribution >= 4 is 12.0 Å². The maximum absolute atomic E-state index is 11.5. The van der Waals surface area contributed by atoms with Crippen LogP contribution in [0, 0.1) is 5.92 Å². The standard InChI is InChI=1S/C12H25N3O3/c1-9(2)8-10(11(16)17)14-12(18)13-6-5-7-15(3)4/h9-10H,5-8H2,1-4H3,(H,16,17)(H2,13,14,18). The number of carbonyl (C=O) groups excluding carboxylic acids is 1. The minimum Gasteiger partial charge on any atom is -0.480 e. The number of hydrogen-bond donors (Lipinski definition) is 3. The van der Waals surface area contributed by atoms with E-state index in [4.69, 9.17) is 5.11 Å². The normalized spacial score (nSPS) is 12.6. The largest absolute Gasteiger partial charge is 0.480 e. The van der Waals surface area contributed by atoms with Crippen molar-refractivity contribution in [3.63, 3.8) is 0 Å². The highest BCUT2D eigenvalue weighted by Crippen LogP contribution is 2.04. The second kappa shape index (κ2) is 8.74. The summed E-state index contributed by atoms with van der Waals surface area (Å²) in [5.74, 6) is -0.771. The van der Waals surface area contributed by atoms with Gasteiger partial charge in [0.2, 0.25) is 0 Å². The highest BCUT2D eigenvalue weighted by atomic mass is 16.4. The lowest BCUT2D eigenvalue weighted by atomic mass is 10.0. The van der Waals surface area contributed by atoms with E-state index in [2.05, 4.69) is 10.6 Å². The molecule has 0 aromatic rings. The monoisotopic (exact) mass is 259 g/mol. The Morgan fingerprint density at radius 3 is 2.33 bits per heavy atom. The van der Waals surface area contributed by atoms with Crippen molar-refractivity contribution < 1.29 is 14.7 Å². The van der Waals surface area contributed by atoms with Crippen molar-refractivity contribution in [3.05, 3.63) is 0 Å². The summed E-state index contributed by atoms with van der Waals surface area (Å²) in [5.41, 5.74) is 0. The van der Waals surface area contributed by atoms with Crippen LogP contribution in [-0.4, -0.2) is 55.2 Å². The number of carboxylic acid groups (broad SMARTS) is 1. The van der Waals surface area contributed by atoms with Gasteiger partial charge in [-0.1, -0.05) is 13.8 Å². The molecule has 18 heavy (non-hydrogen) atoms. The first-order valence-corrected chi connectivity index (χ1v) is 6.24. The Hall–Kier alpha value is -1.30. The summed E-state index contributed by atoms with van der Waals surface area (Å²) < 4.78 is 0. The zero-order valence-electron chi connectivity index (χ0n) is 11.7. The van der Waals surface area contributed by atoms with Crippen molar-refractivity contribution in [1.82, 2.24) is 15.5 Å². The molecule has 1 atom stereocenters. The Balaban J connectivity index is 3.92. The summed E-state index contributed by atoms with van der Waals surface area (Å²) >= 11 is 0. The molecule has 0 aliphatic heterocycles. The third kappa shape index (κ3) is 8.81. The number of nitrogens with one attached hydrogen (secondary N) is 2. The van der Waals surface area contributed by atoms with E-state index in [9.17, 15) is 9.59 Å². The maximum atomic E-state index is 11.5. The third-order valence-corrected chi connectivity index (χ3v) is 2.38. The molecule has 0 aliphatic rings. The molecule has 0 bridgehead atoms. The molecule has 0 saturated carbocycles. The van der Waals surface area contributed by atoms with Gasteiger partial charge in [-0.15, -0.1) is 0 Å². The molecule has 106 valence electrons. The first-order valence-electron chi connectivity index (χ1n) is 6.24. The van der Waals surface area contributed by atoms with E-state index in [1.165, 1.54) is 0 Å². The van der Waals surface area contributed by atoms with Gasteiger partial charge >= 0.3 is 12.0 Å². The highest BCUT2D eigenvalue weighted by Gasteiger charge is 2.20. The van der Waals surface area contributed by atoms with Crippen LogP contribution in [0.25, 0.3) is 0 Å². The van der Waals surface area contributed by atoms with Gasteiger partial charge in [0, 0.05) is 6.54 Å². The molecule has 2 amide bonds. The number of aliphatic carboxylic acids is 1. The molecule has 1 unspecified atom stereocenters. The maximum Gasteiger partial charge on any atom is 0.326 e. The lowest BCUT2D eigenvalue weighted by molar-refractivity contribution is -0.139. The van der Waals surface area contributed by atoms with Crippen LogP contribution < -0.4 is 10.6 Å². The van der Waals surface area contributed by atoms with Crippen LogP contribution in [0.5, 0.6) is 0 Å². The smallest absolute Gasteiger partial charge is 0.326 e. The van der Waals surface area contributed by atoms with Crippen LogP contribution in [0.1, 0.15) is 26.7 Å². The molecule has 0 aromatic carbocycles. The van der Waals surface area contributed by atoms with Crippen LogP contribution in [0.15, 0.2) is 0 Å². The van der Waals surface area contributed by atoms with E-state index >= 15 is 0 Å². The number of hydrogen-bond acceptors (Lipinski definition) is 3. The number of amides is 2. The van der Waals surface area contributed by atoms with E-state index in [-0.39, 0.29) is 5.92 Å². The molecule has 0 heterocycles. The van der Waals surface area contributed by atoms with E-state index in [1.54, 1.807) is 0 Å². The lowest BCUT2D eigenvalue weighted by Gasteiger charge is -2.17. The van der Waals surface area contributed by atoms with Gasteiger partial charge in [-0.3, -0.25) is 0 Å². The van der Waals surface area contributed by atoms with Crippen LogP contribution in [0.4, 0.5) is 4.79 Å². The Labute approximate surface area is 109 Å². The van der Waals surface area contributed by atoms with E-state index in [1.807, 2.05) is 32.8 Å². The van der Waals surface area contributed by atoms with Crippen LogP contribution >= 0.6 is 0 Å². The van der Waals surface area contributed by atoms with Gasteiger partial charge in [0.05, 0.1) is 0 Å². The van der Waals surface area contributed by atoms with Crippen LogP contribution in [0.3, 0.4) is 0 Å². The third-order valence-electron chi connectivity index (χ3n) is 2.38. The quantitative estimate of drug-likeness (QED) is 0.561. The first-order chi connectivity index (χ1) is 8.32. The van der Waals surface area contributed by atoms with Gasteiger partial charge in [-0.25, -0.2) is 9.59 Å². The fraction of sp³-hybridized carbons (Fsp3) is 0.833. The molecule has 0 aliphatic carbocycles. The minimum atomic E-state index is -0.993. The van der Waals surface area contributed by atoms with Crippen LogP contribution in [0.2, 0.25) is 0 Å². The van der Waals surface area contributed by atoms with Gasteiger partial charge < -0.3 is 20.6 Å². The number of carbonyl (C=O) groups is 2. The van der Waals surface area contributed by atoms with Gasteiger partial charge in [0.1, 0.15) is 6.04 Å². The minimum absolute atomic E-state index is 0.222. The fourth-order valence-electron chi connectivity index (χ4n) is 1.50. The predicted molar refractivity (Wildman–Crippen MR) is 70.6 cm³/mol. The Kier molecular flexibility index (Phi) is 8.11. The van der Waals surface area contributed by atoms with Gasteiger partial charge in [0.15, 0.2) is 0 Å². The summed E-state index contributed by atoms with van der Waals surface area (Å²) in [6.07, 6.45) is 1.27. The van der Waals surface area contributed by atoms with Gasteiger partial charge in [-0.05, 0) is 39.4 Å². The Morgan fingerprint density at radius 1 is 1.28 bits per heavy atom. The molecular weight excluding hydrogens is 234 g/mol. The molecule has 0 radical (unpaired) electrons. The average Bonchev–Trinajstić information content (AvgIpc) is 2.22. The van der Waals surface area contributed by atoms with E-state index < -0.39 is 18.0 Å². The molecule has 0 saturated heterocycles. The van der Waals surface area contributed by atoms with Gasteiger partial charge in [-0.2, -0.15) is 0 Å².